The van der Waals surface area contributed by atoms with E-state index in [4.69, 9.17) is 14.5 Å². The molecule has 92 valence electrons. The molecule has 0 aliphatic heterocycles. The molecule has 0 saturated carbocycles. The van der Waals surface area contributed by atoms with Crippen molar-refractivity contribution in [2.24, 2.45) is 0 Å². The monoisotopic (exact) mass is 243 g/mol. The average Bonchev–Trinajstić information content (AvgIpc) is 2.86. The van der Waals surface area contributed by atoms with Gasteiger partial charge in [-0.05, 0) is 18.6 Å². The topological polar surface area (TPSA) is 71.9 Å². The van der Waals surface area contributed by atoms with Crippen LogP contribution in [-0.4, -0.2) is 10.1 Å². The lowest BCUT2D eigenvalue weighted by molar-refractivity contribution is 0.285. The summed E-state index contributed by atoms with van der Waals surface area (Å²) >= 11 is 0. The van der Waals surface area contributed by atoms with Crippen LogP contribution in [0, 0.1) is 11.3 Å². The summed E-state index contributed by atoms with van der Waals surface area (Å²) in [5.74, 6) is 1.84. The van der Waals surface area contributed by atoms with Gasteiger partial charge in [-0.1, -0.05) is 23.4 Å². The van der Waals surface area contributed by atoms with Crippen molar-refractivity contribution < 1.29 is 9.26 Å². The first-order chi connectivity index (χ1) is 8.88. The minimum atomic E-state index is 0.283. The Morgan fingerprint density at radius 3 is 2.89 bits per heavy atom. The van der Waals surface area contributed by atoms with Crippen molar-refractivity contribution in [2.45, 2.75) is 25.9 Å². The second kappa shape index (κ2) is 6.40. The van der Waals surface area contributed by atoms with Crippen LogP contribution in [-0.2, 0) is 13.0 Å². The standard InChI is InChI=1S/C13H13N3O2/c14-9-5-4-8-13-15-12(16-18-13)10-17-11-6-2-1-3-7-11/h1-3,6-7H,4-5,8,10H2. The van der Waals surface area contributed by atoms with E-state index in [1.165, 1.54) is 0 Å². The van der Waals surface area contributed by atoms with Gasteiger partial charge in [0.25, 0.3) is 0 Å². The van der Waals surface area contributed by atoms with Gasteiger partial charge in [0.2, 0.25) is 11.7 Å². The van der Waals surface area contributed by atoms with Gasteiger partial charge in [0.15, 0.2) is 6.61 Å². The quantitative estimate of drug-likeness (QED) is 0.729. The predicted molar refractivity (Wildman–Crippen MR) is 63.6 cm³/mol. The molecule has 5 heteroatoms. The molecule has 18 heavy (non-hydrogen) atoms. The molecule has 0 aliphatic carbocycles. The zero-order valence-corrected chi connectivity index (χ0v) is 9.87. The SMILES string of the molecule is N#CCCCc1nc(COc2ccccc2)no1. The Hall–Kier alpha value is -2.35. The smallest absolute Gasteiger partial charge is 0.226 e. The first kappa shape index (κ1) is 12.1. The Bertz CT molecular complexity index is 517. The van der Waals surface area contributed by atoms with E-state index in [-0.39, 0.29) is 6.61 Å². The third kappa shape index (κ3) is 3.59. The van der Waals surface area contributed by atoms with Crippen LogP contribution in [0.2, 0.25) is 0 Å². The van der Waals surface area contributed by atoms with Gasteiger partial charge in [-0.25, -0.2) is 0 Å². The van der Waals surface area contributed by atoms with Gasteiger partial charge in [-0.15, -0.1) is 0 Å². The molecule has 1 heterocycles. The Kier molecular flexibility index (Phi) is 4.31. The van der Waals surface area contributed by atoms with Crippen LogP contribution in [0.25, 0.3) is 0 Å². The number of aromatic nitrogens is 2. The minimum absolute atomic E-state index is 0.283. The second-order valence-corrected chi connectivity index (χ2v) is 3.72. The number of unbranched alkanes of at least 4 members (excludes halogenated alkanes) is 1. The number of aryl methyl sites for hydroxylation is 1. The number of para-hydroxylation sites is 1. The van der Waals surface area contributed by atoms with Crippen molar-refractivity contribution in [3.8, 4) is 11.8 Å². The van der Waals surface area contributed by atoms with E-state index in [2.05, 4.69) is 16.2 Å². The summed E-state index contributed by atoms with van der Waals surface area (Å²) in [6.45, 7) is 0.283. The summed E-state index contributed by atoms with van der Waals surface area (Å²) in [4.78, 5) is 4.18. The van der Waals surface area contributed by atoms with Gasteiger partial charge in [0.05, 0.1) is 6.07 Å². The molecule has 0 amide bonds. The zero-order valence-electron chi connectivity index (χ0n) is 9.87. The maximum absolute atomic E-state index is 8.42. The van der Waals surface area contributed by atoms with Crippen LogP contribution >= 0.6 is 0 Å². The Balaban J connectivity index is 1.82. The van der Waals surface area contributed by atoms with E-state index in [0.717, 1.165) is 12.2 Å². The molecule has 2 aromatic rings. The number of hydrogen-bond acceptors (Lipinski definition) is 5. The number of rotatable bonds is 6. The largest absolute Gasteiger partial charge is 0.485 e. The lowest BCUT2D eigenvalue weighted by atomic mass is 10.2. The van der Waals surface area contributed by atoms with E-state index in [1.807, 2.05) is 30.3 Å². The molecule has 0 aliphatic rings. The molecule has 0 saturated heterocycles. The first-order valence-electron chi connectivity index (χ1n) is 5.75. The summed E-state index contributed by atoms with van der Waals surface area (Å²) in [6.07, 6.45) is 1.86. The van der Waals surface area contributed by atoms with Crippen LogP contribution in [0.3, 0.4) is 0 Å². The molecule has 1 aromatic carbocycles. The Morgan fingerprint density at radius 2 is 2.11 bits per heavy atom. The number of nitriles is 1. The Labute approximate surface area is 105 Å². The molecule has 0 atom stereocenters. The van der Waals surface area contributed by atoms with Gasteiger partial charge in [0.1, 0.15) is 5.75 Å². The van der Waals surface area contributed by atoms with Crippen LogP contribution in [0.15, 0.2) is 34.9 Å². The third-order valence-electron chi connectivity index (χ3n) is 2.30. The van der Waals surface area contributed by atoms with Gasteiger partial charge < -0.3 is 9.26 Å². The van der Waals surface area contributed by atoms with Crippen LogP contribution in [0.4, 0.5) is 0 Å². The van der Waals surface area contributed by atoms with Crippen molar-refractivity contribution in [3.63, 3.8) is 0 Å². The number of nitrogens with zero attached hydrogens (tertiary/aromatic N) is 3. The third-order valence-corrected chi connectivity index (χ3v) is 2.30. The van der Waals surface area contributed by atoms with Gasteiger partial charge in [-0.3, -0.25) is 0 Å². The Morgan fingerprint density at radius 1 is 1.28 bits per heavy atom. The van der Waals surface area contributed by atoms with Crippen molar-refractivity contribution in [2.75, 3.05) is 0 Å². The number of benzene rings is 1. The molecule has 5 nitrogen and oxygen atoms in total. The fourth-order valence-electron chi connectivity index (χ4n) is 1.43. The van der Waals surface area contributed by atoms with Crippen LogP contribution < -0.4 is 4.74 Å². The summed E-state index contributed by atoms with van der Waals surface area (Å²) in [7, 11) is 0. The van der Waals surface area contributed by atoms with Crippen LogP contribution in [0.5, 0.6) is 5.75 Å². The van der Waals surface area contributed by atoms with Crippen molar-refractivity contribution in [1.29, 1.82) is 5.26 Å². The highest BCUT2D eigenvalue weighted by atomic mass is 16.5. The van der Waals surface area contributed by atoms with E-state index >= 15 is 0 Å². The van der Waals surface area contributed by atoms with Crippen molar-refractivity contribution in [1.82, 2.24) is 10.1 Å². The minimum Gasteiger partial charge on any atom is -0.485 e. The number of ether oxygens (including phenoxy) is 1. The summed E-state index contributed by atoms with van der Waals surface area (Å²) < 4.78 is 10.5. The van der Waals surface area contributed by atoms with E-state index in [1.54, 1.807) is 0 Å². The van der Waals surface area contributed by atoms with E-state index < -0.39 is 0 Å². The fraction of sp³-hybridized carbons (Fsp3) is 0.308. The molecule has 2 rings (SSSR count). The maximum Gasteiger partial charge on any atom is 0.226 e. The summed E-state index contributed by atoms with van der Waals surface area (Å²) in [6, 6.07) is 11.5. The molecular formula is C13H13N3O2. The lowest BCUT2D eigenvalue weighted by Crippen LogP contribution is -1.97. The second-order valence-electron chi connectivity index (χ2n) is 3.72. The van der Waals surface area contributed by atoms with Gasteiger partial charge in [0, 0.05) is 12.8 Å². The molecular weight excluding hydrogens is 230 g/mol. The molecule has 0 N–H and O–H groups in total. The van der Waals surface area contributed by atoms with E-state index in [0.29, 0.717) is 24.6 Å². The summed E-state index contributed by atoms with van der Waals surface area (Å²) in [5, 5.41) is 12.2. The highest BCUT2D eigenvalue weighted by molar-refractivity contribution is 5.20. The zero-order chi connectivity index (χ0) is 12.6. The lowest BCUT2D eigenvalue weighted by Gasteiger charge is -2.01. The van der Waals surface area contributed by atoms with Crippen molar-refractivity contribution in [3.05, 3.63) is 42.0 Å². The van der Waals surface area contributed by atoms with Crippen molar-refractivity contribution >= 4 is 0 Å². The highest BCUT2D eigenvalue weighted by Gasteiger charge is 2.06. The first-order valence-corrected chi connectivity index (χ1v) is 5.75. The predicted octanol–water partition coefficient (Wildman–Crippen LogP) is 2.49. The molecule has 0 unspecified atom stereocenters. The average molecular weight is 243 g/mol. The maximum atomic E-state index is 8.42. The van der Waals surface area contributed by atoms with Crippen LogP contribution in [0.1, 0.15) is 24.6 Å². The molecule has 0 bridgehead atoms. The molecule has 1 aromatic heterocycles. The molecule has 0 fully saturated rings. The summed E-state index contributed by atoms with van der Waals surface area (Å²) in [5.41, 5.74) is 0. The molecule has 0 spiro atoms. The fourth-order valence-corrected chi connectivity index (χ4v) is 1.43. The van der Waals surface area contributed by atoms with E-state index in [9.17, 15) is 0 Å². The molecule has 0 radical (unpaired) electrons. The highest BCUT2D eigenvalue weighted by Crippen LogP contribution is 2.10. The van der Waals surface area contributed by atoms with Gasteiger partial charge in [-0.2, -0.15) is 10.2 Å². The normalized spacial score (nSPS) is 9.94. The van der Waals surface area contributed by atoms with Gasteiger partial charge >= 0.3 is 0 Å². The number of hydrogen-bond donors (Lipinski definition) is 0.